The van der Waals surface area contributed by atoms with Crippen LogP contribution in [0, 0.1) is 0 Å². The van der Waals surface area contributed by atoms with E-state index in [1.807, 2.05) is 6.08 Å². The van der Waals surface area contributed by atoms with Gasteiger partial charge >= 0.3 is 0 Å². The van der Waals surface area contributed by atoms with Gasteiger partial charge in [-0.05, 0) is 50.0 Å². The summed E-state index contributed by atoms with van der Waals surface area (Å²) in [4.78, 5) is 0. The van der Waals surface area contributed by atoms with Crippen LogP contribution in [0.4, 0.5) is 8.78 Å². The van der Waals surface area contributed by atoms with E-state index in [1.54, 1.807) is 0 Å². The highest BCUT2D eigenvalue weighted by Gasteiger charge is 2.07. The van der Waals surface area contributed by atoms with Crippen LogP contribution < -0.4 is 5.73 Å². The third kappa shape index (κ3) is 3.42. The molecule has 1 aliphatic carbocycles. The van der Waals surface area contributed by atoms with Crippen LogP contribution in [0.5, 0.6) is 0 Å². The van der Waals surface area contributed by atoms with Gasteiger partial charge in [-0.3, -0.25) is 0 Å². The first-order chi connectivity index (χ1) is 6.74. The highest BCUT2D eigenvalue weighted by molar-refractivity contribution is 5.33. The third-order valence-corrected chi connectivity index (χ3v) is 2.14. The molecule has 0 unspecified atom stereocenters. The van der Waals surface area contributed by atoms with Crippen molar-refractivity contribution in [3.63, 3.8) is 0 Å². The van der Waals surface area contributed by atoms with Crippen molar-refractivity contribution in [3.8, 4) is 0 Å². The Labute approximate surface area is 83.0 Å². The highest BCUT2D eigenvalue weighted by Crippen LogP contribution is 2.22. The summed E-state index contributed by atoms with van der Waals surface area (Å²) >= 11 is 0. The van der Waals surface area contributed by atoms with Gasteiger partial charge in [0.2, 0.25) is 0 Å². The minimum absolute atomic E-state index is 0.466. The van der Waals surface area contributed by atoms with Crippen LogP contribution in [0.1, 0.15) is 25.7 Å². The van der Waals surface area contributed by atoms with Crippen molar-refractivity contribution in [2.45, 2.75) is 25.7 Å². The summed E-state index contributed by atoms with van der Waals surface area (Å²) in [6.45, 7) is 0.645. The molecule has 1 aliphatic rings. The first kappa shape index (κ1) is 11.1. The molecule has 3 heteroatoms. The Kier molecular flexibility index (Phi) is 4.53. The fourth-order valence-corrected chi connectivity index (χ4v) is 1.35. The minimum Gasteiger partial charge on any atom is -0.330 e. The van der Waals surface area contributed by atoms with Gasteiger partial charge in [0.05, 0.1) is 0 Å². The molecule has 0 spiro atoms. The van der Waals surface area contributed by atoms with E-state index in [0.717, 1.165) is 24.8 Å². The SMILES string of the molecule is NCCCCC1=CCC=C(F)C(F)=C1. The van der Waals surface area contributed by atoms with E-state index in [4.69, 9.17) is 5.73 Å². The maximum Gasteiger partial charge on any atom is 0.158 e. The molecule has 14 heavy (non-hydrogen) atoms. The Bertz CT molecular complexity index is 277. The number of hydrogen-bond donors (Lipinski definition) is 1. The largest absolute Gasteiger partial charge is 0.330 e. The van der Waals surface area contributed by atoms with E-state index in [2.05, 4.69) is 0 Å². The molecule has 0 radical (unpaired) electrons. The summed E-state index contributed by atoms with van der Waals surface area (Å²) in [7, 11) is 0. The van der Waals surface area contributed by atoms with Gasteiger partial charge in [0.15, 0.2) is 11.7 Å². The average Bonchev–Trinajstić information content (AvgIpc) is 2.31. The van der Waals surface area contributed by atoms with Crippen molar-refractivity contribution in [2.75, 3.05) is 6.54 Å². The van der Waals surface area contributed by atoms with E-state index in [1.165, 1.54) is 12.2 Å². The van der Waals surface area contributed by atoms with Crippen LogP contribution in [-0.2, 0) is 0 Å². The second-order valence-corrected chi connectivity index (χ2v) is 3.30. The zero-order valence-electron chi connectivity index (χ0n) is 8.10. The molecule has 0 aromatic heterocycles. The fraction of sp³-hybridized carbons (Fsp3) is 0.455. The molecule has 2 N–H and O–H groups in total. The van der Waals surface area contributed by atoms with Crippen LogP contribution in [0.2, 0.25) is 0 Å². The second-order valence-electron chi connectivity index (χ2n) is 3.30. The van der Waals surface area contributed by atoms with Gasteiger partial charge in [-0.1, -0.05) is 6.08 Å². The molecule has 0 saturated heterocycles. The average molecular weight is 199 g/mol. The van der Waals surface area contributed by atoms with Crippen LogP contribution in [0.15, 0.2) is 35.5 Å². The van der Waals surface area contributed by atoms with Gasteiger partial charge in [0.25, 0.3) is 0 Å². The summed E-state index contributed by atoms with van der Waals surface area (Å²) in [6.07, 6.45) is 7.45. The summed E-state index contributed by atoms with van der Waals surface area (Å²) in [5, 5.41) is 0. The first-order valence-corrected chi connectivity index (χ1v) is 4.86. The molecule has 0 bridgehead atoms. The molecule has 0 atom stereocenters. The van der Waals surface area contributed by atoms with E-state index < -0.39 is 11.7 Å². The summed E-state index contributed by atoms with van der Waals surface area (Å²) in [6, 6.07) is 0. The molecule has 0 saturated carbocycles. The third-order valence-electron chi connectivity index (χ3n) is 2.14. The Hall–Kier alpha value is -0.960. The first-order valence-electron chi connectivity index (χ1n) is 4.86. The number of unbranched alkanes of at least 4 members (excludes halogenated alkanes) is 1. The molecule has 1 rings (SSSR count). The molecule has 0 fully saturated rings. The summed E-state index contributed by atoms with van der Waals surface area (Å²) in [5.74, 6) is -1.52. The van der Waals surface area contributed by atoms with Crippen molar-refractivity contribution < 1.29 is 8.78 Å². The van der Waals surface area contributed by atoms with Gasteiger partial charge in [-0.15, -0.1) is 0 Å². The van der Waals surface area contributed by atoms with E-state index in [9.17, 15) is 8.78 Å². The molecule has 78 valence electrons. The molecule has 0 aliphatic heterocycles. The molecule has 0 aromatic rings. The van der Waals surface area contributed by atoms with Crippen LogP contribution in [0.3, 0.4) is 0 Å². The highest BCUT2D eigenvalue weighted by atomic mass is 19.2. The van der Waals surface area contributed by atoms with Crippen molar-refractivity contribution in [1.82, 2.24) is 0 Å². The monoisotopic (exact) mass is 199 g/mol. The van der Waals surface area contributed by atoms with Gasteiger partial charge in [0.1, 0.15) is 0 Å². The van der Waals surface area contributed by atoms with Gasteiger partial charge in [-0.2, -0.15) is 0 Å². The number of nitrogens with two attached hydrogens (primary N) is 1. The quantitative estimate of drug-likeness (QED) is 0.691. The van der Waals surface area contributed by atoms with Crippen molar-refractivity contribution in [2.24, 2.45) is 5.73 Å². The Morgan fingerprint density at radius 2 is 1.93 bits per heavy atom. The van der Waals surface area contributed by atoms with Crippen molar-refractivity contribution in [1.29, 1.82) is 0 Å². The van der Waals surface area contributed by atoms with Crippen LogP contribution >= 0.6 is 0 Å². The lowest BCUT2D eigenvalue weighted by Gasteiger charge is -2.00. The zero-order chi connectivity index (χ0) is 10.4. The maximum atomic E-state index is 12.9. The number of allylic oxidation sites excluding steroid dienone is 6. The Balaban J connectivity index is 2.51. The molecule has 0 amide bonds. The molecule has 0 heterocycles. The van der Waals surface area contributed by atoms with Gasteiger partial charge in [-0.25, -0.2) is 8.78 Å². The number of halogens is 2. The Morgan fingerprint density at radius 1 is 1.14 bits per heavy atom. The van der Waals surface area contributed by atoms with E-state index >= 15 is 0 Å². The predicted molar refractivity (Wildman–Crippen MR) is 54.0 cm³/mol. The molecular weight excluding hydrogens is 184 g/mol. The predicted octanol–water partition coefficient (Wildman–Crippen LogP) is 3.15. The van der Waals surface area contributed by atoms with Crippen molar-refractivity contribution in [3.05, 3.63) is 35.5 Å². The minimum atomic E-state index is -0.763. The standard InChI is InChI=1S/C11H15F2N/c12-10-6-3-5-9(8-11(10)13)4-1-2-7-14/h5-6,8H,1-4,7,14H2. The van der Waals surface area contributed by atoms with Gasteiger partial charge < -0.3 is 5.73 Å². The zero-order valence-corrected chi connectivity index (χ0v) is 8.10. The second kappa shape index (κ2) is 5.70. The molecule has 1 nitrogen and oxygen atoms in total. The lowest BCUT2D eigenvalue weighted by atomic mass is 10.1. The molecular formula is C11H15F2N. The lowest BCUT2D eigenvalue weighted by Crippen LogP contribution is -1.97. The van der Waals surface area contributed by atoms with Crippen LogP contribution in [-0.4, -0.2) is 6.54 Å². The van der Waals surface area contributed by atoms with E-state index in [0.29, 0.717) is 13.0 Å². The molecule has 0 aromatic carbocycles. The smallest absolute Gasteiger partial charge is 0.158 e. The lowest BCUT2D eigenvalue weighted by molar-refractivity contribution is 0.543. The van der Waals surface area contributed by atoms with Crippen LogP contribution in [0.25, 0.3) is 0 Å². The van der Waals surface area contributed by atoms with Crippen molar-refractivity contribution >= 4 is 0 Å². The topological polar surface area (TPSA) is 26.0 Å². The normalized spacial score (nSPS) is 16.9. The van der Waals surface area contributed by atoms with Gasteiger partial charge in [0, 0.05) is 0 Å². The maximum absolute atomic E-state index is 12.9. The summed E-state index contributed by atoms with van der Waals surface area (Å²) < 4.78 is 25.7. The summed E-state index contributed by atoms with van der Waals surface area (Å²) in [5.41, 5.74) is 6.21. The fourth-order valence-electron chi connectivity index (χ4n) is 1.35. The number of hydrogen-bond acceptors (Lipinski definition) is 1. The van der Waals surface area contributed by atoms with E-state index in [-0.39, 0.29) is 0 Å². The number of rotatable bonds is 4. The Morgan fingerprint density at radius 3 is 2.64 bits per heavy atom.